The van der Waals surface area contributed by atoms with Gasteiger partial charge >= 0.3 is 15.6 Å². The van der Waals surface area contributed by atoms with E-state index in [-0.39, 0.29) is 5.92 Å². The molecule has 2 saturated heterocycles. The molecule has 2 aliphatic heterocycles. The summed E-state index contributed by atoms with van der Waals surface area (Å²) in [5.74, 6) is -0.0575. The fraction of sp³-hybridized carbons (Fsp3) is 0.875. The van der Waals surface area contributed by atoms with Gasteiger partial charge in [-0.15, -0.1) is 0 Å². The second kappa shape index (κ2) is 7.00. The molecule has 2 aliphatic rings. The summed E-state index contributed by atoms with van der Waals surface area (Å²) in [5.41, 5.74) is 0. The molecule has 0 saturated carbocycles. The molecule has 2 fully saturated rings. The molecule has 15 heteroatoms. The van der Waals surface area contributed by atoms with Gasteiger partial charge in [0.2, 0.25) is 0 Å². The highest BCUT2D eigenvalue weighted by atomic mass is 31.3. The van der Waals surface area contributed by atoms with Gasteiger partial charge in [-0.3, -0.25) is 4.52 Å². The van der Waals surface area contributed by atoms with Crippen molar-refractivity contribution < 1.29 is 51.3 Å². The van der Waals surface area contributed by atoms with Crippen molar-refractivity contribution in [3.05, 3.63) is 0 Å². The Morgan fingerprint density at radius 1 is 1.22 bits per heavy atom. The van der Waals surface area contributed by atoms with Crippen LogP contribution in [-0.4, -0.2) is 65.1 Å². The number of phosphoric acid groups is 2. The maximum absolute atomic E-state index is 11.7. The van der Waals surface area contributed by atoms with E-state index < -0.39 is 48.0 Å². The van der Waals surface area contributed by atoms with E-state index in [1.807, 2.05) is 0 Å². The monoisotopic (exact) mass is 392 g/mol. The standard InChI is InChI=1S/C8H16BO11P3/c1-21(10,19-22(11,12)13)20-23(14,15)17-4-6-7-5(2-3-16-7)8(9)18-6/h5-8,10H,1-4H2,(H,14,15)(H2,11,12,13). The van der Waals surface area contributed by atoms with Gasteiger partial charge in [0.05, 0.1) is 12.7 Å². The minimum Gasteiger partial charge on any atom is -0.379 e. The van der Waals surface area contributed by atoms with Crippen LogP contribution in [0, 0.1) is 5.92 Å². The summed E-state index contributed by atoms with van der Waals surface area (Å²) in [5, 5.41) is 0. The van der Waals surface area contributed by atoms with E-state index in [9.17, 15) is 18.9 Å². The summed E-state index contributed by atoms with van der Waals surface area (Å²) in [4.78, 5) is 36.1. The zero-order chi connectivity index (χ0) is 17.5. The Hall–Kier alpha value is 0.465. The van der Waals surface area contributed by atoms with Crippen molar-refractivity contribution in [2.75, 3.05) is 13.2 Å². The zero-order valence-corrected chi connectivity index (χ0v) is 14.4. The van der Waals surface area contributed by atoms with Crippen LogP contribution in [0.5, 0.6) is 0 Å². The number of hydrogen-bond donors (Lipinski definition) is 4. The molecule has 0 bridgehead atoms. The van der Waals surface area contributed by atoms with E-state index in [0.717, 1.165) is 0 Å². The third-order valence-electron chi connectivity index (χ3n) is 3.17. The Labute approximate surface area is 133 Å². The predicted molar refractivity (Wildman–Crippen MR) is 78.5 cm³/mol. The van der Waals surface area contributed by atoms with Crippen molar-refractivity contribution in [1.82, 2.24) is 0 Å². The van der Waals surface area contributed by atoms with Gasteiger partial charge < -0.3 is 29.0 Å². The summed E-state index contributed by atoms with van der Waals surface area (Å²) in [6.07, 6.45) is 2.40. The van der Waals surface area contributed by atoms with Gasteiger partial charge in [0.15, 0.2) is 0 Å². The molecule has 0 aromatic rings. The molecular formula is C8H16BO11P3. The molecule has 11 nitrogen and oxygen atoms in total. The van der Waals surface area contributed by atoms with Crippen LogP contribution >= 0.6 is 23.2 Å². The number of phosphoric ester groups is 1. The first kappa shape index (κ1) is 19.8. The first-order valence-corrected chi connectivity index (χ1v) is 11.1. The number of hydrogen-bond acceptors (Lipinski definition) is 8. The molecule has 2 rings (SSSR count). The van der Waals surface area contributed by atoms with Crippen LogP contribution in [0.25, 0.3) is 0 Å². The number of fused-ring (bicyclic) bond motifs is 1. The van der Waals surface area contributed by atoms with Crippen LogP contribution in [0.15, 0.2) is 0 Å². The smallest absolute Gasteiger partial charge is 0.379 e. The quantitative estimate of drug-likeness (QED) is 0.333. The number of rotatable bonds is 7. The minimum atomic E-state index is -5.17. The third-order valence-corrected chi connectivity index (χ3v) is 7.36. The first-order valence-electron chi connectivity index (χ1n) is 6.33. The summed E-state index contributed by atoms with van der Waals surface area (Å²) < 4.78 is 45.8. The third kappa shape index (κ3) is 5.75. The normalized spacial score (nSPS) is 36.3. The lowest BCUT2D eigenvalue weighted by Crippen LogP contribution is -2.28. The summed E-state index contributed by atoms with van der Waals surface area (Å²) in [7, 11) is -8.87. The fourth-order valence-corrected chi connectivity index (χ4v) is 5.94. The Balaban J connectivity index is 1.90. The Bertz CT molecular complexity index is 578. The van der Waals surface area contributed by atoms with Crippen LogP contribution in [-0.2, 0) is 31.7 Å². The lowest BCUT2D eigenvalue weighted by Gasteiger charge is -2.22. The largest absolute Gasteiger partial charge is 0.478 e. The lowest BCUT2D eigenvalue weighted by molar-refractivity contribution is -0.0266. The van der Waals surface area contributed by atoms with Gasteiger partial charge in [0, 0.05) is 18.5 Å². The Morgan fingerprint density at radius 3 is 2.48 bits per heavy atom. The molecule has 4 N–H and O–H groups in total. The molecule has 0 aromatic carbocycles. The molecule has 132 valence electrons. The van der Waals surface area contributed by atoms with Crippen molar-refractivity contribution in [3.8, 4) is 0 Å². The maximum atomic E-state index is 11.7. The summed E-state index contributed by atoms with van der Waals surface area (Å²) in [6.45, 7) is 0.0367. The predicted octanol–water partition coefficient (Wildman–Crippen LogP) is -0.285. The van der Waals surface area contributed by atoms with Crippen molar-refractivity contribution in [1.29, 1.82) is 0 Å². The highest BCUT2D eigenvalue weighted by molar-refractivity contribution is 7.72. The summed E-state index contributed by atoms with van der Waals surface area (Å²) >= 11 is 0. The van der Waals surface area contributed by atoms with Crippen LogP contribution < -0.4 is 0 Å². The lowest BCUT2D eigenvalue weighted by atomic mass is 9.84. The minimum absolute atomic E-state index is 0.0575. The average molecular weight is 392 g/mol. The molecule has 0 spiro atoms. The molecular weight excluding hydrogens is 376 g/mol. The second-order valence-electron chi connectivity index (χ2n) is 4.98. The van der Waals surface area contributed by atoms with E-state index in [1.54, 1.807) is 0 Å². The van der Waals surface area contributed by atoms with Crippen molar-refractivity contribution in [2.45, 2.75) is 24.6 Å². The second-order valence-corrected chi connectivity index (χ2v) is 9.74. The molecule has 6 atom stereocenters. The van der Waals surface area contributed by atoms with Crippen molar-refractivity contribution in [3.63, 3.8) is 0 Å². The highest BCUT2D eigenvalue weighted by Gasteiger charge is 2.47. The van der Waals surface area contributed by atoms with Gasteiger partial charge in [-0.1, -0.05) is 0 Å². The Kier molecular flexibility index (Phi) is 6.02. The molecule has 6 unspecified atom stereocenters. The molecule has 0 amide bonds. The highest BCUT2D eigenvalue weighted by Crippen LogP contribution is 2.66. The SMILES string of the molecule is [B]C1OC(COP(=O)(O)OP(=C)(O)OP(=O)(O)O)C2OCCC12. The maximum Gasteiger partial charge on any atom is 0.478 e. The van der Waals surface area contributed by atoms with Gasteiger partial charge in [-0.2, -0.15) is 0 Å². The van der Waals surface area contributed by atoms with Crippen molar-refractivity contribution in [2.24, 2.45) is 5.92 Å². The van der Waals surface area contributed by atoms with E-state index in [2.05, 4.69) is 19.4 Å². The van der Waals surface area contributed by atoms with E-state index >= 15 is 0 Å². The van der Waals surface area contributed by atoms with E-state index in [4.69, 9.17) is 27.1 Å². The average Bonchev–Trinajstić information content (AvgIpc) is 2.86. The van der Waals surface area contributed by atoms with Gasteiger partial charge in [-0.25, -0.2) is 17.8 Å². The van der Waals surface area contributed by atoms with Crippen LogP contribution in [0.4, 0.5) is 0 Å². The van der Waals surface area contributed by atoms with E-state index in [0.29, 0.717) is 13.0 Å². The zero-order valence-electron chi connectivity index (χ0n) is 11.7. The van der Waals surface area contributed by atoms with Crippen LogP contribution in [0.2, 0.25) is 0 Å². The summed E-state index contributed by atoms with van der Waals surface area (Å²) in [6, 6.07) is -0.592. The van der Waals surface area contributed by atoms with Crippen molar-refractivity contribution >= 4 is 37.4 Å². The molecule has 2 radical (unpaired) electrons. The molecule has 2 heterocycles. The topological polar surface area (TPSA) is 161 Å². The fourth-order valence-electron chi connectivity index (χ4n) is 2.41. The molecule has 23 heavy (non-hydrogen) atoms. The van der Waals surface area contributed by atoms with Crippen LogP contribution in [0.3, 0.4) is 0 Å². The number of ether oxygens (including phenoxy) is 2. The Morgan fingerprint density at radius 2 is 1.87 bits per heavy atom. The van der Waals surface area contributed by atoms with Gasteiger partial charge in [-0.05, 0) is 12.7 Å². The van der Waals surface area contributed by atoms with Gasteiger partial charge in [0.1, 0.15) is 14.0 Å². The first-order chi connectivity index (χ1) is 10.4. The molecule has 0 aromatic heterocycles. The van der Waals surface area contributed by atoms with E-state index in [1.165, 1.54) is 0 Å². The van der Waals surface area contributed by atoms with Crippen LogP contribution in [0.1, 0.15) is 6.42 Å². The molecule has 0 aliphatic carbocycles. The van der Waals surface area contributed by atoms with Gasteiger partial charge in [0.25, 0.3) is 7.57 Å².